The number of methoxy groups -OCH3 is 1. The van der Waals surface area contributed by atoms with Gasteiger partial charge >= 0.3 is 5.97 Å². The molecule has 1 fully saturated rings. The van der Waals surface area contributed by atoms with Crippen LogP contribution in [0.5, 0.6) is 5.75 Å². The number of aromatic nitrogens is 2. The van der Waals surface area contributed by atoms with Crippen LogP contribution in [0.2, 0.25) is 0 Å². The lowest BCUT2D eigenvalue weighted by atomic mass is 10.0. The van der Waals surface area contributed by atoms with Crippen molar-refractivity contribution in [3.8, 4) is 5.75 Å². The van der Waals surface area contributed by atoms with Gasteiger partial charge in [0.15, 0.2) is 0 Å². The van der Waals surface area contributed by atoms with Crippen LogP contribution in [0, 0.1) is 13.8 Å². The highest BCUT2D eigenvalue weighted by Crippen LogP contribution is 2.26. The van der Waals surface area contributed by atoms with E-state index in [4.69, 9.17) is 4.74 Å². The number of amides is 1. The first-order valence-electron chi connectivity index (χ1n) is 8.63. The summed E-state index contributed by atoms with van der Waals surface area (Å²) in [4.78, 5) is 36.4. The molecule has 1 N–H and O–H groups in total. The smallest absolute Gasteiger partial charge is 0.328 e. The molecule has 1 aliphatic rings. The summed E-state index contributed by atoms with van der Waals surface area (Å²) in [6.07, 6.45) is 3.22. The molecule has 1 atom stereocenters. The molecule has 8 heteroatoms. The van der Waals surface area contributed by atoms with Gasteiger partial charge in [0.05, 0.1) is 13.7 Å². The molecule has 1 aromatic heterocycles. The van der Waals surface area contributed by atoms with Crippen molar-refractivity contribution in [2.45, 2.75) is 19.9 Å². The highest BCUT2D eigenvalue weighted by molar-refractivity contribution is 5.97. The third-order valence-corrected chi connectivity index (χ3v) is 4.67. The molecular weight excluding hydrogens is 348 g/mol. The van der Waals surface area contributed by atoms with Gasteiger partial charge in [0.1, 0.15) is 11.8 Å². The average Bonchev–Trinajstić information content (AvgIpc) is 2.67. The van der Waals surface area contributed by atoms with Crippen LogP contribution in [-0.4, -0.2) is 64.6 Å². The highest BCUT2D eigenvalue weighted by atomic mass is 16.5. The van der Waals surface area contributed by atoms with E-state index in [1.54, 1.807) is 42.6 Å². The summed E-state index contributed by atoms with van der Waals surface area (Å²) >= 11 is 0. The number of nitrogens with zero attached hydrogens (tertiary/aromatic N) is 4. The molecule has 2 heterocycles. The fraction of sp³-hybridized carbons (Fsp3) is 0.368. The molecule has 3 rings (SSSR count). The van der Waals surface area contributed by atoms with Gasteiger partial charge in [-0.05, 0) is 43.2 Å². The monoisotopic (exact) mass is 370 g/mol. The maximum absolute atomic E-state index is 13.0. The summed E-state index contributed by atoms with van der Waals surface area (Å²) in [5.74, 6) is -0.157. The van der Waals surface area contributed by atoms with Gasteiger partial charge in [0.25, 0.3) is 5.91 Å². The van der Waals surface area contributed by atoms with Crippen LogP contribution in [0.15, 0.2) is 30.6 Å². The van der Waals surface area contributed by atoms with Crippen molar-refractivity contribution in [3.63, 3.8) is 0 Å². The molecule has 142 valence electrons. The topological polar surface area (TPSA) is 95.9 Å². The second-order valence-corrected chi connectivity index (χ2v) is 6.49. The molecule has 1 amide bonds. The standard InChI is InChI=1S/C19H22N4O4/c1-12-9-14(10-13(2)16(12)27-3)17(24)23-8-7-22(11-15(23)18(25)26)19-20-5-4-6-21-19/h4-6,9-10,15H,7-8,11H2,1-3H3,(H,25,26)/t15-/m1/s1. The Labute approximate surface area is 157 Å². The average molecular weight is 370 g/mol. The van der Waals surface area contributed by atoms with Crippen molar-refractivity contribution in [3.05, 3.63) is 47.3 Å². The maximum atomic E-state index is 13.0. The Kier molecular flexibility index (Phi) is 5.25. The van der Waals surface area contributed by atoms with Crippen molar-refractivity contribution in [2.24, 2.45) is 0 Å². The lowest BCUT2D eigenvalue weighted by Gasteiger charge is -2.39. The number of hydrogen-bond acceptors (Lipinski definition) is 6. The molecule has 1 aliphatic heterocycles. The number of aliphatic carboxylic acids is 1. The van der Waals surface area contributed by atoms with Crippen molar-refractivity contribution >= 4 is 17.8 Å². The molecule has 1 aromatic carbocycles. The SMILES string of the molecule is COc1c(C)cc(C(=O)N2CCN(c3ncccn3)C[C@@H]2C(=O)O)cc1C. The van der Waals surface area contributed by atoms with Crippen molar-refractivity contribution in [1.29, 1.82) is 0 Å². The number of piperazine rings is 1. The Balaban J connectivity index is 1.85. The van der Waals surface area contributed by atoms with E-state index in [0.29, 0.717) is 18.1 Å². The number of benzene rings is 1. The van der Waals surface area contributed by atoms with Crippen LogP contribution in [0.4, 0.5) is 5.95 Å². The fourth-order valence-corrected chi connectivity index (χ4v) is 3.44. The summed E-state index contributed by atoms with van der Waals surface area (Å²) in [5.41, 5.74) is 2.13. The molecule has 0 bridgehead atoms. The number of carbonyl (C=O) groups excluding carboxylic acids is 1. The predicted octanol–water partition coefficient (Wildman–Crippen LogP) is 1.52. The van der Waals surface area contributed by atoms with Crippen LogP contribution in [0.3, 0.4) is 0 Å². The summed E-state index contributed by atoms with van der Waals surface area (Å²) in [7, 11) is 1.59. The minimum Gasteiger partial charge on any atom is -0.496 e. The van der Waals surface area contributed by atoms with E-state index in [9.17, 15) is 14.7 Å². The zero-order valence-electron chi connectivity index (χ0n) is 15.5. The first-order valence-corrected chi connectivity index (χ1v) is 8.63. The molecule has 0 aliphatic carbocycles. The predicted molar refractivity (Wildman–Crippen MR) is 99.2 cm³/mol. The van der Waals surface area contributed by atoms with Gasteiger partial charge in [-0.3, -0.25) is 4.79 Å². The van der Waals surface area contributed by atoms with Crippen LogP contribution >= 0.6 is 0 Å². The summed E-state index contributed by atoms with van der Waals surface area (Å²) < 4.78 is 5.34. The minimum absolute atomic E-state index is 0.138. The summed E-state index contributed by atoms with van der Waals surface area (Å²) in [6.45, 7) is 4.61. The third kappa shape index (κ3) is 3.69. The number of carboxylic acid groups (broad SMARTS) is 1. The quantitative estimate of drug-likeness (QED) is 0.872. The first kappa shape index (κ1) is 18.6. The Hall–Kier alpha value is -3.16. The van der Waals surface area contributed by atoms with Gasteiger partial charge in [-0.15, -0.1) is 0 Å². The Bertz CT molecular complexity index is 833. The van der Waals surface area contributed by atoms with Crippen LogP contribution in [0.25, 0.3) is 0 Å². The van der Waals surface area contributed by atoms with E-state index in [2.05, 4.69) is 9.97 Å². The van der Waals surface area contributed by atoms with Crippen molar-refractivity contribution in [2.75, 3.05) is 31.6 Å². The molecule has 0 saturated carbocycles. The lowest BCUT2D eigenvalue weighted by molar-refractivity contribution is -0.142. The second kappa shape index (κ2) is 7.61. The third-order valence-electron chi connectivity index (χ3n) is 4.67. The molecule has 27 heavy (non-hydrogen) atoms. The van der Waals surface area contributed by atoms with Crippen LogP contribution in [0.1, 0.15) is 21.5 Å². The largest absolute Gasteiger partial charge is 0.496 e. The van der Waals surface area contributed by atoms with E-state index in [1.165, 1.54) is 4.90 Å². The van der Waals surface area contributed by atoms with E-state index in [-0.39, 0.29) is 19.0 Å². The molecule has 1 saturated heterocycles. The Morgan fingerprint density at radius 2 is 1.78 bits per heavy atom. The summed E-state index contributed by atoms with van der Waals surface area (Å²) in [6, 6.07) is 4.20. The van der Waals surface area contributed by atoms with E-state index < -0.39 is 12.0 Å². The summed E-state index contributed by atoms with van der Waals surface area (Å²) in [5, 5.41) is 9.68. The second-order valence-electron chi connectivity index (χ2n) is 6.49. The van der Waals surface area contributed by atoms with Gasteiger partial charge in [-0.2, -0.15) is 0 Å². The van der Waals surface area contributed by atoms with Crippen LogP contribution < -0.4 is 9.64 Å². The maximum Gasteiger partial charge on any atom is 0.328 e. The Morgan fingerprint density at radius 3 is 2.33 bits per heavy atom. The molecular formula is C19H22N4O4. The zero-order chi connectivity index (χ0) is 19.6. The number of hydrogen-bond donors (Lipinski definition) is 1. The van der Waals surface area contributed by atoms with E-state index in [1.807, 2.05) is 13.8 Å². The Morgan fingerprint density at radius 1 is 1.15 bits per heavy atom. The number of ether oxygens (including phenoxy) is 1. The van der Waals surface area contributed by atoms with Gasteiger partial charge in [-0.1, -0.05) is 0 Å². The zero-order valence-corrected chi connectivity index (χ0v) is 15.5. The number of carbonyl (C=O) groups is 2. The van der Waals surface area contributed by atoms with E-state index in [0.717, 1.165) is 16.9 Å². The van der Waals surface area contributed by atoms with E-state index >= 15 is 0 Å². The number of carboxylic acids is 1. The van der Waals surface area contributed by atoms with Gasteiger partial charge in [0, 0.05) is 31.0 Å². The number of rotatable bonds is 4. The molecule has 0 unspecified atom stereocenters. The molecule has 0 radical (unpaired) electrons. The first-order chi connectivity index (χ1) is 12.9. The van der Waals surface area contributed by atoms with Crippen molar-refractivity contribution in [1.82, 2.24) is 14.9 Å². The fourth-order valence-electron chi connectivity index (χ4n) is 3.44. The number of aryl methyl sites for hydroxylation is 2. The normalized spacial score (nSPS) is 16.9. The molecule has 0 spiro atoms. The van der Waals surface area contributed by atoms with Gasteiger partial charge in [-0.25, -0.2) is 14.8 Å². The van der Waals surface area contributed by atoms with Crippen LogP contribution in [-0.2, 0) is 4.79 Å². The lowest BCUT2D eigenvalue weighted by Crippen LogP contribution is -2.58. The van der Waals surface area contributed by atoms with Gasteiger partial charge < -0.3 is 19.6 Å². The number of anilines is 1. The highest BCUT2D eigenvalue weighted by Gasteiger charge is 2.36. The minimum atomic E-state index is -1.05. The van der Waals surface area contributed by atoms with Gasteiger partial charge in [0.2, 0.25) is 5.95 Å². The molecule has 8 nitrogen and oxygen atoms in total. The van der Waals surface area contributed by atoms with Crippen molar-refractivity contribution < 1.29 is 19.4 Å². The molecule has 2 aromatic rings.